The number of unbranched alkanes of at least 4 members (excludes halogenated alkanes) is 7. The van der Waals surface area contributed by atoms with E-state index in [-0.39, 0.29) is 5.91 Å². The van der Waals surface area contributed by atoms with E-state index in [1.807, 2.05) is 30.3 Å². The fourth-order valence-electron chi connectivity index (χ4n) is 2.85. The number of amides is 1. The molecule has 0 heterocycles. The predicted octanol–water partition coefficient (Wildman–Crippen LogP) is 6.08. The van der Waals surface area contributed by atoms with Crippen molar-refractivity contribution in [3.05, 3.63) is 35.9 Å². The highest BCUT2D eigenvalue weighted by molar-refractivity contribution is 6.01. The molecule has 0 aliphatic heterocycles. The summed E-state index contributed by atoms with van der Waals surface area (Å²) in [4.78, 5) is 12.0. The molecule has 0 bridgehead atoms. The summed E-state index contributed by atoms with van der Waals surface area (Å²) in [7, 11) is 0. The van der Waals surface area contributed by atoms with Gasteiger partial charge < -0.3 is 0 Å². The molecule has 0 aliphatic rings. The lowest BCUT2D eigenvalue weighted by Gasteiger charge is -2.10. The van der Waals surface area contributed by atoms with Gasteiger partial charge in [0.05, 0.1) is 5.71 Å². The van der Waals surface area contributed by atoms with E-state index in [0.717, 1.165) is 30.5 Å². The van der Waals surface area contributed by atoms with Crippen LogP contribution >= 0.6 is 0 Å². The molecule has 1 amide bonds. The van der Waals surface area contributed by atoms with E-state index in [0.29, 0.717) is 12.3 Å². The average molecular weight is 345 g/mol. The molecule has 0 spiro atoms. The van der Waals surface area contributed by atoms with Gasteiger partial charge in [0, 0.05) is 6.42 Å². The summed E-state index contributed by atoms with van der Waals surface area (Å²) in [5.74, 6) is 0.534. The molecular formula is C22H36N2O. The van der Waals surface area contributed by atoms with Crippen LogP contribution in [0.3, 0.4) is 0 Å². The molecule has 0 saturated carbocycles. The van der Waals surface area contributed by atoms with E-state index in [4.69, 9.17) is 0 Å². The van der Waals surface area contributed by atoms with Gasteiger partial charge in [-0.1, -0.05) is 96.0 Å². The van der Waals surface area contributed by atoms with Crippen LogP contribution in [0.1, 0.15) is 90.5 Å². The van der Waals surface area contributed by atoms with Crippen LogP contribution < -0.4 is 5.43 Å². The second-order valence-electron chi connectivity index (χ2n) is 7.28. The quantitative estimate of drug-likeness (QED) is 0.263. The summed E-state index contributed by atoms with van der Waals surface area (Å²) >= 11 is 0. The largest absolute Gasteiger partial charge is 0.273 e. The lowest BCUT2D eigenvalue weighted by Crippen LogP contribution is -2.20. The fourth-order valence-corrected chi connectivity index (χ4v) is 2.85. The van der Waals surface area contributed by atoms with Crippen molar-refractivity contribution >= 4 is 11.6 Å². The van der Waals surface area contributed by atoms with Crippen molar-refractivity contribution < 1.29 is 4.79 Å². The highest BCUT2D eigenvalue weighted by Crippen LogP contribution is 2.11. The maximum atomic E-state index is 12.0. The molecular weight excluding hydrogens is 308 g/mol. The van der Waals surface area contributed by atoms with Crippen LogP contribution in [0.25, 0.3) is 0 Å². The molecule has 1 rings (SSSR count). The van der Waals surface area contributed by atoms with Crippen LogP contribution in [-0.2, 0) is 4.79 Å². The van der Waals surface area contributed by atoms with Crippen LogP contribution in [0.15, 0.2) is 35.4 Å². The van der Waals surface area contributed by atoms with Gasteiger partial charge >= 0.3 is 0 Å². The molecule has 0 radical (unpaired) electrons. The molecule has 3 nitrogen and oxygen atoms in total. The van der Waals surface area contributed by atoms with Crippen LogP contribution in [0.5, 0.6) is 0 Å². The van der Waals surface area contributed by atoms with E-state index in [2.05, 4.69) is 31.3 Å². The smallest absolute Gasteiger partial charge is 0.240 e. The average Bonchev–Trinajstić information content (AvgIpc) is 2.61. The first-order valence-corrected chi connectivity index (χ1v) is 10.0. The van der Waals surface area contributed by atoms with Gasteiger partial charge in [0.2, 0.25) is 5.91 Å². The molecule has 0 aliphatic carbocycles. The first-order chi connectivity index (χ1) is 12.1. The third-order valence-electron chi connectivity index (χ3n) is 4.28. The monoisotopic (exact) mass is 344 g/mol. The third kappa shape index (κ3) is 10.8. The Bertz CT molecular complexity index is 494. The van der Waals surface area contributed by atoms with Crippen LogP contribution in [0.2, 0.25) is 0 Å². The topological polar surface area (TPSA) is 41.5 Å². The second-order valence-corrected chi connectivity index (χ2v) is 7.28. The predicted molar refractivity (Wildman–Crippen MR) is 108 cm³/mol. The van der Waals surface area contributed by atoms with Crippen molar-refractivity contribution in [2.75, 3.05) is 0 Å². The number of nitrogens with zero attached hydrogens (tertiary/aromatic N) is 1. The minimum Gasteiger partial charge on any atom is -0.273 e. The number of nitrogens with one attached hydrogen (secondary N) is 1. The van der Waals surface area contributed by atoms with Crippen LogP contribution in [0, 0.1) is 5.92 Å². The minimum absolute atomic E-state index is 0.0307. The Morgan fingerprint density at radius 1 is 0.960 bits per heavy atom. The summed E-state index contributed by atoms with van der Waals surface area (Å²) in [5.41, 5.74) is 4.80. The highest BCUT2D eigenvalue weighted by atomic mass is 16.2. The Morgan fingerprint density at radius 3 is 2.16 bits per heavy atom. The lowest BCUT2D eigenvalue weighted by molar-refractivity contribution is -0.121. The Morgan fingerprint density at radius 2 is 1.56 bits per heavy atom. The van der Waals surface area contributed by atoms with Crippen molar-refractivity contribution in [3.63, 3.8) is 0 Å². The van der Waals surface area contributed by atoms with Crippen molar-refractivity contribution in [1.82, 2.24) is 5.43 Å². The second kappa shape index (κ2) is 13.6. The first-order valence-electron chi connectivity index (χ1n) is 10.0. The zero-order valence-corrected chi connectivity index (χ0v) is 16.4. The van der Waals surface area contributed by atoms with E-state index in [1.165, 1.54) is 38.5 Å². The number of hydrogen-bond acceptors (Lipinski definition) is 2. The van der Waals surface area contributed by atoms with Gasteiger partial charge in [0.25, 0.3) is 0 Å². The summed E-state index contributed by atoms with van der Waals surface area (Å²) < 4.78 is 0. The summed E-state index contributed by atoms with van der Waals surface area (Å²) in [6.07, 6.45) is 11.4. The van der Waals surface area contributed by atoms with Crippen LogP contribution in [-0.4, -0.2) is 11.6 Å². The molecule has 1 N–H and O–H groups in total. The molecule has 0 atom stereocenters. The molecule has 25 heavy (non-hydrogen) atoms. The Balaban J connectivity index is 2.30. The molecule has 1 aromatic rings. The molecule has 0 saturated heterocycles. The van der Waals surface area contributed by atoms with Crippen molar-refractivity contribution in [2.24, 2.45) is 11.0 Å². The highest BCUT2D eigenvalue weighted by Gasteiger charge is 2.07. The standard InChI is InChI=1S/C22H36N2O/c1-4-5-6-7-8-9-10-14-17-22(25)24-23-21(18-19(2)3)20-15-12-11-13-16-20/h11-13,15-16,19H,4-10,14,17-18H2,1-3H3,(H,24,25). The Labute approximate surface area is 154 Å². The molecule has 140 valence electrons. The number of hydrazone groups is 1. The molecule has 3 heteroatoms. The number of hydrogen-bond donors (Lipinski definition) is 1. The molecule has 1 aromatic carbocycles. The minimum atomic E-state index is 0.0307. The fraction of sp³-hybridized carbons (Fsp3) is 0.636. The Hall–Kier alpha value is -1.64. The summed E-state index contributed by atoms with van der Waals surface area (Å²) in [5, 5.41) is 4.40. The summed E-state index contributed by atoms with van der Waals surface area (Å²) in [6, 6.07) is 10.1. The first kappa shape index (κ1) is 21.4. The van der Waals surface area contributed by atoms with E-state index >= 15 is 0 Å². The van der Waals surface area contributed by atoms with E-state index < -0.39 is 0 Å². The molecule has 0 unspecified atom stereocenters. The number of benzene rings is 1. The van der Waals surface area contributed by atoms with Gasteiger partial charge in [-0.15, -0.1) is 0 Å². The Kier molecular flexibility index (Phi) is 11.7. The van der Waals surface area contributed by atoms with Crippen LogP contribution in [0.4, 0.5) is 0 Å². The van der Waals surface area contributed by atoms with Crippen molar-refractivity contribution in [1.29, 1.82) is 0 Å². The number of carbonyl (C=O) groups excluding carboxylic acids is 1. The van der Waals surface area contributed by atoms with Gasteiger partial charge in [-0.25, -0.2) is 5.43 Å². The summed E-state index contributed by atoms with van der Waals surface area (Å²) in [6.45, 7) is 6.58. The van der Waals surface area contributed by atoms with Gasteiger partial charge in [0.1, 0.15) is 0 Å². The lowest BCUT2D eigenvalue weighted by atomic mass is 10.0. The molecule has 0 fully saturated rings. The number of carbonyl (C=O) groups is 1. The zero-order valence-electron chi connectivity index (χ0n) is 16.4. The number of rotatable bonds is 13. The van der Waals surface area contributed by atoms with Gasteiger partial charge in [-0.05, 0) is 24.3 Å². The third-order valence-corrected chi connectivity index (χ3v) is 4.28. The SMILES string of the molecule is CCCCCCCCCCC(=O)NN=C(CC(C)C)c1ccccc1. The zero-order chi connectivity index (χ0) is 18.3. The molecule has 0 aromatic heterocycles. The maximum absolute atomic E-state index is 12.0. The van der Waals surface area contributed by atoms with Gasteiger partial charge in [0.15, 0.2) is 0 Å². The van der Waals surface area contributed by atoms with E-state index in [1.54, 1.807) is 0 Å². The van der Waals surface area contributed by atoms with Gasteiger partial charge in [-0.3, -0.25) is 4.79 Å². The maximum Gasteiger partial charge on any atom is 0.240 e. The van der Waals surface area contributed by atoms with Crippen molar-refractivity contribution in [2.45, 2.75) is 85.0 Å². The van der Waals surface area contributed by atoms with Crippen molar-refractivity contribution in [3.8, 4) is 0 Å². The van der Waals surface area contributed by atoms with E-state index in [9.17, 15) is 4.79 Å². The van der Waals surface area contributed by atoms with Gasteiger partial charge in [-0.2, -0.15) is 5.10 Å². The normalized spacial score (nSPS) is 11.8.